The summed E-state index contributed by atoms with van der Waals surface area (Å²) in [7, 11) is 0. The van der Waals surface area contributed by atoms with Gasteiger partial charge in [-0.3, -0.25) is 14.3 Å². The van der Waals surface area contributed by atoms with E-state index in [0.29, 0.717) is 29.5 Å². The predicted molar refractivity (Wildman–Crippen MR) is 103 cm³/mol. The first-order valence-electron chi connectivity index (χ1n) is 9.30. The van der Waals surface area contributed by atoms with E-state index in [4.69, 9.17) is 0 Å². The fourth-order valence-electron chi connectivity index (χ4n) is 3.78. The summed E-state index contributed by atoms with van der Waals surface area (Å²) in [5, 5.41) is 12.5. The molecule has 1 saturated heterocycles. The third-order valence-electron chi connectivity index (χ3n) is 5.28. The Morgan fingerprint density at radius 3 is 2.67 bits per heavy atom. The predicted octanol–water partition coefficient (Wildman–Crippen LogP) is 3.78. The highest BCUT2D eigenvalue weighted by atomic mass is 19.1. The van der Waals surface area contributed by atoms with Crippen LogP contribution in [0.1, 0.15) is 36.6 Å². The van der Waals surface area contributed by atoms with Crippen LogP contribution in [0, 0.1) is 36.9 Å². The Morgan fingerprint density at radius 1 is 1.33 bits per heavy atom. The van der Waals surface area contributed by atoms with Gasteiger partial charge in [0.15, 0.2) is 0 Å². The van der Waals surface area contributed by atoms with E-state index in [1.807, 2.05) is 18.4 Å². The summed E-state index contributed by atoms with van der Waals surface area (Å²) < 4.78 is 15.1. The maximum absolute atomic E-state index is 13.3. The fraction of sp³-hybridized carbons (Fsp3) is 0.429. The molecule has 6 heteroatoms. The van der Waals surface area contributed by atoms with Gasteiger partial charge in [-0.1, -0.05) is 6.92 Å². The quantitative estimate of drug-likeness (QED) is 0.893. The summed E-state index contributed by atoms with van der Waals surface area (Å²) in [5.41, 5.74) is 2.81. The van der Waals surface area contributed by atoms with E-state index < -0.39 is 0 Å². The zero-order valence-corrected chi connectivity index (χ0v) is 16.1. The van der Waals surface area contributed by atoms with Crippen molar-refractivity contribution >= 4 is 11.7 Å². The second kappa shape index (κ2) is 7.93. The monoisotopic (exact) mass is 368 g/mol. The lowest BCUT2D eigenvalue weighted by Gasteiger charge is -2.30. The number of likely N-dealkylation sites (tertiary alicyclic amines) is 1. The van der Waals surface area contributed by atoms with E-state index in [2.05, 4.69) is 23.2 Å². The van der Waals surface area contributed by atoms with Crippen LogP contribution in [0.25, 0.3) is 5.69 Å². The molecule has 2 heterocycles. The first kappa shape index (κ1) is 19.1. The van der Waals surface area contributed by atoms with Gasteiger partial charge in [0.05, 0.1) is 12.1 Å². The number of hydrogen-bond acceptors (Lipinski definition) is 3. The largest absolute Gasteiger partial charge is 0.310 e. The Hall–Kier alpha value is -2.65. The zero-order chi connectivity index (χ0) is 19.6. The van der Waals surface area contributed by atoms with Crippen LogP contribution in [0.15, 0.2) is 24.3 Å². The number of aromatic nitrogens is 1. The summed E-state index contributed by atoms with van der Waals surface area (Å²) in [6.07, 6.45) is 2.30. The minimum Gasteiger partial charge on any atom is -0.310 e. The van der Waals surface area contributed by atoms with Gasteiger partial charge in [-0.25, -0.2) is 4.39 Å². The standard InChI is InChI=1S/C21H25FN4O/c1-14-5-4-10-25(12-14)13-20(27)24-21-19(11-23)15(2)16(3)26(21)18-8-6-17(22)7-9-18/h6-9,14H,4-5,10,12-13H2,1-3H3,(H,24,27). The van der Waals surface area contributed by atoms with Gasteiger partial charge in [0, 0.05) is 17.9 Å². The Balaban J connectivity index is 1.89. The maximum Gasteiger partial charge on any atom is 0.239 e. The van der Waals surface area contributed by atoms with Gasteiger partial charge in [-0.2, -0.15) is 5.26 Å². The summed E-state index contributed by atoms with van der Waals surface area (Å²) in [6.45, 7) is 8.08. The number of halogens is 1. The van der Waals surface area contributed by atoms with Crippen molar-refractivity contribution in [1.29, 1.82) is 5.26 Å². The van der Waals surface area contributed by atoms with E-state index in [9.17, 15) is 14.4 Å². The normalized spacial score (nSPS) is 17.5. The van der Waals surface area contributed by atoms with Gasteiger partial charge in [0.2, 0.25) is 5.91 Å². The molecule has 142 valence electrons. The van der Waals surface area contributed by atoms with Crippen molar-refractivity contribution in [3.05, 3.63) is 46.9 Å². The van der Waals surface area contributed by atoms with Crippen molar-refractivity contribution in [3.63, 3.8) is 0 Å². The molecule has 1 aromatic heterocycles. The minimum atomic E-state index is -0.328. The second-order valence-corrected chi connectivity index (χ2v) is 7.39. The van der Waals surface area contributed by atoms with Crippen molar-refractivity contribution in [3.8, 4) is 11.8 Å². The molecule has 1 atom stereocenters. The first-order valence-corrected chi connectivity index (χ1v) is 9.30. The highest BCUT2D eigenvalue weighted by Gasteiger charge is 2.23. The Bertz CT molecular complexity index is 879. The fourth-order valence-corrected chi connectivity index (χ4v) is 3.78. The van der Waals surface area contributed by atoms with Crippen LogP contribution < -0.4 is 5.32 Å². The van der Waals surface area contributed by atoms with Crippen LogP contribution in [0.2, 0.25) is 0 Å². The van der Waals surface area contributed by atoms with E-state index in [0.717, 1.165) is 30.8 Å². The van der Waals surface area contributed by atoms with Crippen LogP contribution in [0.4, 0.5) is 10.2 Å². The number of hydrogen-bond donors (Lipinski definition) is 1. The van der Waals surface area contributed by atoms with Gasteiger partial charge in [0.1, 0.15) is 17.7 Å². The van der Waals surface area contributed by atoms with Crippen LogP contribution in [0.3, 0.4) is 0 Å². The van der Waals surface area contributed by atoms with E-state index in [1.54, 1.807) is 12.1 Å². The van der Waals surface area contributed by atoms with E-state index in [1.165, 1.54) is 18.6 Å². The molecule has 1 unspecified atom stereocenters. The number of benzene rings is 1. The molecule has 1 aromatic carbocycles. The Morgan fingerprint density at radius 2 is 2.04 bits per heavy atom. The summed E-state index contributed by atoms with van der Waals surface area (Å²) in [5.74, 6) is 0.579. The lowest BCUT2D eigenvalue weighted by molar-refractivity contribution is -0.117. The number of rotatable bonds is 4. The molecule has 0 radical (unpaired) electrons. The van der Waals surface area contributed by atoms with Crippen molar-refractivity contribution in [2.45, 2.75) is 33.6 Å². The summed E-state index contributed by atoms with van der Waals surface area (Å²) in [4.78, 5) is 14.8. The number of anilines is 1. The number of carbonyl (C=O) groups excluding carboxylic acids is 1. The average Bonchev–Trinajstić information content (AvgIpc) is 2.86. The third kappa shape index (κ3) is 4.04. The molecule has 0 saturated carbocycles. The molecule has 1 aliphatic rings. The Kier molecular flexibility index (Phi) is 5.62. The lowest BCUT2D eigenvalue weighted by atomic mass is 10.0. The molecule has 0 bridgehead atoms. The molecular weight excluding hydrogens is 343 g/mol. The molecule has 0 aliphatic carbocycles. The molecule has 1 aliphatic heterocycles. The maximum atomic E-state index is 13.3. The van der Waals surface area contributed by atoms with Gasteiger partial charge in [-0.05, 0) is 69.0 Å². The molecule has 1 amide bonds. The number of nitrogens with zero attached hydrogens (tertiary/aromatic N) is 3. The topological polar surface area (TPSA) is 61.1 Å². The summed E-state index contributed by atoms with van der Waals surface area (Å²) >= 11 is 0. The molecule has 1 fully saturated rings. The molecule has 5 nitrogen and oxygen atoms in total. The van der Waals surface area contributed by atoms with Gasteiger partial charge >= 0.3 is 0 Å². The van der Waals surface area contributed by atoms with Crippen LogP contribution in [-0.2, 0) is 4.79 Å². The smallest absolute Gasteiger partial charge is 0.239 e. The third-order valence-corrected chi connectivity index (χ3v) is 5.28. The number of nitrogens with one attached hydrogen (secondary N) is 1. The van der Waals surface area contributed by atoms with Crippen molar-refractivity contribution in [2.24, 2.45) is 5.92 Å². The Labute approximate surface area is 159 Å². The van der Waals surface area contributed by atoms with Crippen molar-refractivity contribution in [2.75, 3.05) is 25.0 Å². The highest BCUT2D eigenvalue weighted by molar-refractivity contribution is 5.93. The SMILES string of the molecule is Cc1c(C#N)c(NC(=O)CN2CCCC(C)C2)n(-c2ccc(F)cc2)c1C. The highest BCUT2D eigenvalue weighted by Crippen LogP contribution is 2.30. The van der Waals surface area contributed by atoms with E-state index in [-0.39, 0.29) is 11.7 Å². The summed E-state index contributed by atoms with van der Waals surface area (Å²) in [6, 6.07) is 8.23. The number of nitriles is 1. The number of carbonyl (C=O) groups is 1. The molecule has 3 rings (SSSR count). The van der Waals surface area contributed by atoms with E-state index >= 15 is 0 Å². The molecule has 1 N–H and O–H groups in total. The average molecular weight is 368 g/mol. The minimum absolute atomic E-state index is 0.138. The van der Waals surface area contributed by atoms with Crippen LogP contribution in [0.5, 0.6) is 0 Å². The molecular formula is C21H25FN4O. The van der Waals surface area contributed by atoms with Crippen LogP contribution >= 0.6 is 0 Å². The van der Waals surface area contributed by atoms with Gasteiger partial charge in [0.25, 0.3) is 0 Å². The zero-order valence-electron chi connectivity index (χ0n) is 16.1. The molecule has 2 aromatic rings. The number of piperidine rings is 1. The first-order chi connectivity index (χ1) is 12.9. The number of amides is 1. The lowest BCUT2D eigenvalue weighted by Crippen LogP contribution is -2.40. The van der Waals surface area contributed by atoms with Crippen LogP contribution in [-0.4, -0.2) is 35.0 Å². The van der Waals surface area contributed by atoms with Gasteiger partial charge < -0.3 is 5.32 Å². The second-order valence-electron chi connectivity index (χ2n) is 7.39. The van der Waals surface area contributed by atoms with Crippen molar-refractivity contribution < 1.29 is 9.18 Å². The molecule has 27 heavy (non-hydrogen) atoms. The van der Waals surface area contributed by atoms with Gasteiger partial charge in [-0.15, -0.1) is 0 Å². The van der Waals surface area contributed by atoms with Crippen molar-refractivity contribution in [1.82, 2.24) is 9.47 Å². The molecule has 0 spiro atoms.